The molecular weight excluding hydrogens is 362 g/mol. The van der Waals surface area contributed by atoms with Crippen LogP contribution in [0.25, 0.3) is 10.9 Å². The molecule has 1 saturated heterocycles. The molecule has 0 amide bonds. The number of H-pyrrole nitrogens is 1. The molecule has 4 heteroatoms. The number of aromatic amines is 1. The first-order chi connectivity index (χ1) is 11.8. The lowest BCUT2D eigenvalue weighted by molar-refractivity contribution is 0.167. The van der Waals surface area contributed by atoms with E-state index < -0.39 is 0 Å². The average Bonchev–Trinajstić information content (AvgIpc) is 3.03. The molecule has 0 spiro atoms. The number of aromatic nitrogens is 2. The molecule has 1 fully saturated rings. The van der Waals surface area contributed by atoms with E-state index in [4.69, 9.17) is 0 Å². The molecule has 1 aliphatic heterocycles. The Morgan fingerprint density at radius 1 is 1.17 bits per heavy atom. The van der Waals surface area contributed by atoms with Crippen LogP contribution in [0.2, 0.25) is 0 Å². The van der Waals surface area contributed by atoms with Crippen molar-refractivity contribution >= 4 is 26.8 Å². The van der Waals surface area contributed by atoms with E-state index >= 15 is 0 Å². The number of fused-ring (bicyclic) bond motifs is 1. The third kappa shape index (κ3) is 3.70. The molecule has 0 saturated carbocycles. The van der Waals surface area contributed by atoms with Crippen molar-refractivity contribution in [3.8, 4) is 0 Å². The molecule has 2 aromatic carbocycles. The van der Waals surface area contributed by atoms with Crippen LogP contribution < -0.4 is 0 Å². The zero-order chi connectivity index (χ0) is 16.4. The summed E-state index contributed by atoms with van der Waals surface area (Å²) < 4.78 is 1.17. The molecule has 1 N–H and O–H groups in total. The summed E-state index contributed by atoms with van der Waals surface area (Å²) in [7, 11) is 0. The smallest absolute Gasteiger partial charge is 0.0650 e. The molecule has 0 radical (unpaired) electrons. The number of rotatable bonds is 4. The zero-order valence-corrected chi connectivity index (χ0v) is 15.3. The Bertz CT molecular complexity index is 826. The van der Waals surface area contributed by atoms with Crippen molar-refractivity contribution in [2.45, 2.75) is 25.8 Å². The van der Waals surface area contributed by atoms with Crippen LogP contribution in [0.15, 0.2) is 53.1 Å². The molecule has 1 aliphatic rings. The average molecular weight is 384 g/mol. The first kappa shape index (κ1) is 15.9. The van der Waals surface area contributed by atoms with Gasteiger partial charge in [-0.2, -0.15) is 5.10 Å². The highest BCUT2D eigenvalue weighted by Crippen LogP contribution is 2.24. The molecule has 0 bridgehead atoms. The number of benzene rings is 2. The van der Waals surface area contributed by atoms with Gasteiger partial charge in [-0.15, -0.1) is 0 Å². The molecule has 3 aromatic rings. The standard InChI is InChI=1S/C20H22BrN3/c21-19-5-1-3-17(11-19)14-24-8-2-4-16(13-24)9-15-6-7-20-18(10-15)12-22-23-20/h1,3,5-7,10-12,16H,2,4,8-9,13-14H2,(H,22,23)/t16-/m1/s1. The van der Waals surface area contributed by atoms with E-state index in [2.05, 4.69) is 73.5 Å². The molecule has 1 atom stereocenters. The molecule has 2 heterocycles. The fraction of sp³-hybridized carbons (Fsp3) is 0.350. The van der Waals surface area contributed by atoms with Gasteiger partial charge in [-0.3, -0.25) is 10.00 Å². The molecular formula is C20H22BrN3. The fourth-order valence-electron chi connectivity index (χ4n) is 3.81. The van der Waals surface area contributed by atoms with E-state index in [1.165, 1.54) is 46.9 Å². The summed E-state index contributed by atoms with van der Waals surface area (Å²) in [6, 6.07) is 15.4. The number of halogens is 1. The first-order valence-electron chi connectivity index (χ1n) is 8.65. The third-order valence-corrected chi connectivity index (χ3v) is 5.42. The summed E-state index contributed by atoms with van der Waals surface area (Å²) in [4.78, 5) is 2.60. The van der Waals surface area contributed by atoms with Crippen LogP contribution in [-0.4, -0.2) is 28.2 Å². The lowest BCUT2D eigenvalue weighted by Crippen LogP contribution is -2.35. The molecule has 0 unspecified atom stereocenters. The van der Waals surface area contributed by atoms with Crippen LogP contribution in [-0.2, 0) is 13.0 Å². The summed E-state index contributed by atoms with van der Waals surface area (Å²) in [6.45, 7) is 3.45. The van der Waals surface area contributed by atoms with Crippen molar-refractivity contribution < 1.29 is 0 Å². The highest BCUT2D eigenvalue weighted by atomic mass is 79.9. The Hall–Kier alpha value is -1.65. The Kier molecular flexibility index (Phi) is 4.67. The van der Waals surface area contributed by atoms with Gasteiger partial charge in [-0.25, -0.2) is 0 Å². The fourth-order valence-corrected chi connectivity index (χ4v) is 4.25. The Morgan fingerprint density at radius 2 is 2.12 bits per heavy atom. The maximum Gasteiger partial charge on any atom is 0.0650 e. The Labute approximate surface area is 151 Å². The third-order valence-electron chi connectivity index (χ3n) is 4.93. The normalized spacial score (nSPS) is 19.0. The van der Waals surface area contributed by atoms with Gasteiger partial charge in [0, 0.05) is 22.9 Å². The van der Waals surface area contributed by atoms with Crippen LogP contribution in [0.5, 0.6) is 0 Å². The minimum Gasteiger partial charge on any atom is -0.299 e. The van der Waals surface area contributed by atoms with Crippen LogP contribution >= 0.6 is 15.9 Å². The second kappa shape index (κ2) is 7.08. The maximum absolute atomic E-state index is 4.12. The second-order valence-electron chi connectivity index (χ2n) is 6.87. The number of nitrogens with one attached hydrogen (secondary N) is 1. The lowest BCUT2D eigenvalue weighted by atomic mass is 9.90. The Morgan fingerprint density at radius 3 is 3.04 bits per heavy atom. The quantitative estimate of drug-likeness (QED) is 0.702. The van der Waals surface area contributed by atoms with Crippen molar-refractivity contribution in [1.82, 2.24) is 15.1 Å². The van der Waals surface area contributed by atoms with Gasteiger partial charge in [0.15, 0.2) is 0 Å². The predicted molar refractivity (Wildman–Crippen MR) is 102 cm³/mol. The highest BCUT2D eigenvalue weighted by molar-refractivity contribution is 9.10. The van der Waals surface area contributed by atoms with Crippen molar-refractivity contribution in [3.05, 3.63) is 64.3 Å². The monoisotopic (exact) mass is 383 g/mol. The topological polar surface area (TPSA) is 31.9 Å². The zero-order valence-electron chi connectivity index (χ0n) is 13.7. The maximum atomic E-state index is 4.12. The number of piperidine rings is 1. The van der Waals surface area contributed by atoms with E-state index in [1.54, 1.807) is 0 Å². The molecule has 0 aliphatic carbocycles. The largest absolute Gasteiger partial charge is 0.299 e. The molecule has 24 heavy (non-hydrogen) atoms. The number of hydrogen-bond donors (Lipinski definition) is 1. The summed E-state index contributed by atoms with van der Waals surface area (Å²) in [5.74, 6) is 0.746. The minimum absolute atomic E-state index is 0.746. The van der Waals surface area contributed by atoms with Crippen molar-refractivity contribution in [1.29, 1.82) is 0 Å². The van der Waals surface area contributed by atoms with Crippen molar-refractivity contribution in [2.75, 3.05) is 13.1 Å². The number of likely N-dealkylation sites (tertiary alicyclic amines) is 1. The molecule has 3 nitrogen and oxygen atoms in total. The van der Waals surface area contributed by atoms with Gasteiger partial charge >= 0.3 is 0 Å². The van der Waals surface area contributed by atoms with Gasteiger partial charge in [-0.05, 0) is 67.1 Å². The van der Waals surface area contributed by atoms with Crippen LogP contribution in [0.1, 0.15) is 24.0 Å². The van der Waals surface area contributed by atoms with Gasteiger partial charge in [0.25, 0.3) is 0 Å². The Balaban J connectivity index is 1.40. The number of hydrogen-bond acceptors (Lipinski definition) is 2. The lowest BCUT2D eigenvalue weighted by Gasteiger charge is -2.33. The first-order valence-corrected chi connectivity index (χ1v) is 9.44. The summed E-state index contributed by atoms with van der Waals surface area (Å²) in [5, 5.41) is 8.36. The molecule has 124 valence electrons. The minimum atomic E-state index is 0.746. The van der Waals surface area contributed by atoms with Crippen molar-refractivity contribution in [3.63, 3.8) is 0 Å². The van der Waals surface area contributed by atoms with Crippen LogP contribution in [0, 0.1) is 5.92 Å². The van der Waals surface area contributed by atoms with Gasteiger partial charge in [0.2, 0.25) is 0 Å². The van der Waals surface area contributed by atoms with Gasteiger partial charge < -0.3 is 0 Å². The van der Waals surface area contributed by atoms with Gasteiger partial charge in [0.05, 0.1) is 11.7 Å². The summed E-state index contributed by atoms with van der Waals surface area (Å²) in [6.07, 6.45) is 5.71. The number of nitrogens with zero attached hydrogens (tertiary/aromatic N) is 2. The molecule has 1 aromatic heterocycles. The van der Waals surface area contributed by atoms with Crippen LogP contribution in [0.4, 0.5) is 0 Å². The van der Waals surface area contributed by atoms with Gasteiger partial charge in [0.1, 0.15) is 0 Å². The summed E-state index contributed by atoms with van der Waals surface area (Å²) >= 11 is 3.57. The van der Waals surface area contributed by atoms with E-state index in [9.17, 15) is 0 Å². The van der Waals surface area contributed by atoms with Crippen LogP contribution in [0.3, 0.4) is 0 Å². The van der Waals surface area contributed by atoms with E-state index in [0.717, 1.165) is 24.4 Å². The summed E-state index contributed by atoms with van der Waals surface area (Å²) in [5.41, 5.74) is 3.95. The van der Waals surface area contributed by atoms with Gasteiger partial charge in [-0.1, -0.05) is 34.1 Å². The predicted octanol–water partition coefficient (Wildman–Crippen LogP) is 4.78. The second-order valence-corrected chi connectivity index (χ2v) is 7.78. The van der Waals surface area contributed by atoms with E-state index in [0.29, 0.717) is 0 Å². The van der Waals surface area contributed by atoms with E-state index in [-0.39, 0.29) is 0 Å². The highest BCUT2D eigenvalue weighted by Gasteiger charge is 2.20. The van der Waals surface area contributed by atoms with E-state index in [1.807, 2.05) is 6.20 Å². The SMILES string of the molecule is Brc1cccc(CN2CCC[C@H](Cc3ccc4[nH]ncc4c3)C2)c1. The molecule has 4 rings (SSSR count). The van der Waals surface area contributed by atoms with Crippen molar-refractivity contribution in [2.24, 2.45) is 5.92 Å².